The van der Waals surface area contributed by atoms with Crippen molar-refractivity contribution < 1.29 is 19.5 Å². The lowest BCUT2D eigenvalue weighted by atomic mass is 10.0. The van der Waals surface area contributed by atoms with Crippen LogP contribution in [-0.2, 0) is 16.0 Å². The maximum atomic E-state index is 12.5. The number of rotatable bonds is 11. The van der Waals surface area contributed by atoms with Crippen molar-refractivity contribution in [3.63, 3.8) is 0 Å². The molecule has 2 amide bonds. The molecule has 1 aromatic carbocycles. The Morgan fingerprint density at radius 3 is 2.34 bits per heavy atom. The molecule has 0 spiro atoms. The minimum Gasteiger partial charge on any atom is -0.480 e. The van der Waals surface area contributed by atoms with E-state index in [0.29, 0.717) is 30.6 Å². The van der Waals surface area contributed by atoms with Gasteiger partial charge in [0.2, 0.25) is 5.91 Å². The van der Waals surface area contributed by atoms with Crippen LogP contribution in [0, 0.1) is 0 Å². The molecule has 35 heavy (non-hydrogen) atoms. The van der Waals surface area contributed by atoms with Crippen LogP contribution in [0.4, 0.5) is 11.5 Å². The van der Waals surface area contributed by atoms with Crippen LogP contribution in [0.5, 0.6) is 0 Å². The van der Waals surface area contributed by atoms with Gasteiger partial charge >= 0.3 is 5.97 Å². The van der Waals surface area contributed by atoms with Crippen molar-refractivity contribution in [2.45, 2.75) is 25.3 Å². The van der Waals surface area contributed by atoms with E-state index >= 15 is 0 Å². The Kier molecular flexibility index (Phi) is 9.39. The zero-order valence-electron chi connectivity index (χ0n) is 18.5. The summed E-state index contributed by atoms with van der Waals surface area (Å²) in [7, 11) is 0. The van der Waals surface area contributed by atoms with Gasteiger partial charge in [-0.05, 0) is 36.2 Å². The fourth-order valence-corrected chi connectivity index (χ4v) is 3.71. The summed E-state index contributed by atoms with van der Waals surface area (Å²) in [5.74, 6) is -1.30. The first kappa shape index (κ1) is 25.9. The van der Waals surface area contributed by atoms with Crippen molar-refractivity contribution in [1.82, 2.24) is 15.3 Å². The second-order valence-electron chi connectivity index (χ2n) is 7.54. The van der Waals surface area contributed by atoms with Gasteiger partial charge in [0.15, 0.2) is 0 Å². The first-order valence-electron chi connectivity index (χ1n) is 10.7. The van der Waals surface area contributed by atoms with Gasteiger partial charge in [-0.25, -0.2) is 9.78 Å². The van der Waals surface area contributed by atoms with Crippen LogP contribution in [0.1, 0.15) is 28.8 Å². The summed E-state index contributed by atoms with van der Waals surface area (Å²) in [4.78, 5) is 44.4. The highest BCUT2D eigenvalue weighted by Gasteiger charge is 2.24. The third-order valence-corrected chi connectivity index (χ3v) is 5.49. The Morgan fingerprint density at radius 1 is 1.00 bits per heavy atom. The van der Waals surface area contributed by atoms with Crippen LogP contribution in [0.15, 0.2) is 61.1 Å². The average Bonchev–Trinajstić information content (AvgIpc) is 2.83. The van der Waals surface area contributed by atoms with E-state index in [1.807, 2.05) is 18.2 Å². The zero-order valence-corrected chi connectivity index (χ0v) is 20.0. The number of amides is 2. The van der Waals surface area contributed by atoms with Crippen molar-refractivity contribution in [1.29, 1.82) is 0 Å². The third kappa shape index (κ3) is 7.94. The smallest absolute Gasteiger partial charge is 0.326 e. The van der Waals surface area contributed by atoms with E-state index in [1.54, 1.807) is 30.5 Å². The minimum atomic E-state index is -1.21. The summed E-state index contributed by atoms with van der Waals surface area (Å²) < 4.78 is 0. The van der Waals surface area contributed by atoms with Crippen LogP contribution < -0.4 is 16.0 Å². The Morgan fingerprint density at radius 2 is 1.71 bits per heavy atom. The Bertz CT molecular complexity index is 1160. The second kappa shape index (κ2) is 12.7. The molecular weight excluding hydrogens is 493 g/mol. The van der Waals surface area contributed by atoms with Crippen LogP contribution in [-0.4, -0.2) is 45.4 Å². The molecule has 0 bridgehead atoms. The fraction of sp³-hybridized carbons (Fsp3) is 0.208. The molecule has 1 atom stereocenters. The number of pyridine rings is 2. The van der Waals surface area contributed by atoms with Crippen LogP contribution >= 0.6 is 23.2 Å². The van der Waals surface area contributed by atoms with Gasteiger partial charge in [0.25, 0.3) is 5.91 Å². The maximum absolute atomic E-state index is 12.5. The number of carboxylic acid groups (broad SMARTS) is 1. The minimum absolute atomic E-state index is 0.0201. The number of hydrogen-bond acceptors (Lipinski definition) is 6. The standard InChI is InChI=1S/C24H23Cl2N5O4/c25-17-13-27-14-18(26)22(17)23(33)31-19(24(34)35)12-15-6-8-16(9-7-15)30-21(32)5-3-11-29-20-4-1-2-10-28-20/h1-2,4,6-10,13-14,19H,3,5,11-12H2,(H,28,29)(H,30,32)(H,31,33)(H,34,35)/t19-/m0/s1. The SMILES string of the molecule is O=C(CCCNc1ccccn1)Nc1ccc(C[C@H](NC(=O)c2c(Cl)cncc2Cl)C(=O)O)cc1. The Labute approximate surface area is 211 Å². The van der Waals surface area contributed by atoms with Gasteiger partial charge in [0.1, 0.15) is 11.9 Å². The molecule has 0 saturated carbocycles. The molecule has 0 unspecified atom stereocenters. The fourth-order valence-electron chi connectivity index (χ4n) is 3.17. The van der Waals surface area contributed by atoms with E-state index in [1.165, 1.54) is 12.4 Å². The molecule has 3 aromatic rings. The molecule has 182 valence electrons. The third-order valence-electron chi connectivity index (χ3n) is 4.91. The van der Waals surface area contributed by atoms with Crippen molar-refractivity contribution in [3.05, 3.63) is 82.2 Å². The van der Waals surface area contributed by atoms with E-state index in [9.17, 15) is 19.5 Å². The lowest BCUT2D eigenvalue weighted by Crippen LogP contribution is -2.42. The monoisotopic (exact) mass is 515 g/mol. The summed E-state index contributed by atoms with van der Waals surface area (Å²) in [6.07, 6.45) is 5.18. The number of aromatic nitrogens is 2. The van der Waals surface area contributed by atoms with Gasteiger partial charge in [-0.15, -0.1) is 0 Å². The number of halogens is 2. The molecule has 0 fully saturated rings. The molecule has 0 aliphatic carbocycles. The predicted octanol–water partition coefficient (Wildman–Crippen LogP) is 4.04. The van der Waals surface area contributed by atoms with Gasteiger partial charge in [-0.3, -0.25) is 14.6 Å². The van der Waals surface area contributed by atoms with Crippen LogP contribution in [0.25, 0.3) is 0 Å². The first-order valence-corrected chi connectivity index (χ1v) is 11.5. The second-order valence-corrected chi connectivity index (χ2v) is 8.35. The largest absolute Gasteiger partial charge is 0.480 e. The highest BCUT2D eigenvalue weighted by Crippen LogP contribution is 2.23. The molecule has 3 rings (SSSR count). The molecule has 0 saturated heterocycles. The zero-order chi connectivity index (χ0) is 25.2. The molecule has 9 nitrogen and oxygen atoms in total. The first-order chi connectivity index (χ1) is 16.8. The number of anilines is 2. The van der Waals surface area contributed by atoms with Crippen molar-refractivity contribution in [2.75, 3.05) is 17.2 Å². The molecule has 0 aliphatic rings. The summed E-state index contributed by atoms with van der Waals surface area (Å²) in [5.41, 5.74) is 1.20. The van der Waals surface area contributed by atoms with Crippen LogP contribution in [0.2, 0.25) is 10.0 Å². The van der Waals surface area contributed by atoms with E-state index in [4.69, 9.17) is 23.2 Å². The molecule has 4 N–H and O–H groups in total. The van der Waals surface area contributed by atoms with Gasteiger partial charge in [-0.1, -0.05) is 41.4 Å². The van der Waals surface area contributed by atoms with Crippen molar-refractivity contribution >= 4 is 52.5 Å². The molecule has 11 heteroatoms. The number of carbonyl (C=O) groups excluding carboxylic acids is 2. The summed E-state index contributed by atoms with van der Waals surface area (Å²) >= 11 is 12.0. The number of carboxylic acids is 1. The summed E-state index contributed by atoms with van der Waals surface area (Å²) in [6.45, 7) is 0.613. The number of nitrogens with zero attached hydrogens (tertiary/aromatic N) is 2. The van der Waals surface area contributed by atoms with E-state index < -0.39 is 17.9 Å². The highest BCUT2D eigenvalue weighted by molar-refractivity contribution is 6.39. The van der Waals surface area contributed by atoms with Gasteiger partial charge in [0.05, 0.1) is 15.6 Å². The maximum Gasteiger partial charge on any atom is 0.326 e. The van der Waals surface area contributed by atoms with Gasteiger partial charge in [-0.2, -0.15) is 0 Å². The Balaban J connectivity index is 1.49. The van der Waals surface area contributed by atoms with Crippen LogP contribution in [0.3, 0.4) is 0 Å². The topological polar surface area (TPSA) is 133 Å². The predicted molar refractivity (Wildman–Crippen MR) is 134 cm³/mol. The molecule has 0 aliphatic heterocycles. The van der Waals surface area contributed by atoms with E-state index in [2.05, 4.69) is 25.9 Å². The van der Waals surface area contributed by atoms with E-state index in [0.717, 1.165) is 5.82 Å². The van der Waals surface area contributed by atoms with Crippen molar-refractivity contribution in [2.24, 2.45) is 0 Å². The number of carbonyl (C=O) groups is 3. The normalized spacial score (nSPS) is 11.4. The van der Waals surface area contributed by atoms with Gasteiger partial charge in [0, 0.05) is 43.7 Å². The lowest BCUT2D eigenvalue weighted by Gasteiger charge is -2.16. The number of benzene rings is 1. The number of nitrogens with one attached hydrogen (secondary N) is 3. The summed E-state index contributed by atoms with van der Waals surface area (Å²) in [5, 5.41) is 18.0. The average molecular weight is 516 g/mol. The molecular formula is C24H23Cl2N5O4. The summed E-state index contributed by atoms with van der Waals surface area (Å²) in [6, 6.07) is 11.1. The Hall–Kier alpha value is -3.69. The van der Waals surface area contributed by atoms with Crippen molar-refractivity contribution in [3.8, 4) is 0 Å². The number of hydrogen-bond donors (Lipinski definition) is 4. The molecule has 2 heterocycles. The van der Waals surface area contributed by atoms with Gasteiger partial charge < -0.3 is 21.1 Å². The molecule has 2 aromatic heterocycles. The highest BCUT2D eigenvalue weighted by atomic mass is 35.5. The quantitative estimate of drug-likeness (QED) is 0.283. The number of aliphatic carboxylic acids is 1. The molecule has 0 radical (unpaired) electrons. The van der Waals surface area contributed by atoms with E-state index in [-0.39, 0.29) is 27.9 Å². The lowest BCUT2D eigenvalue weighted by molar-refractivity contribution is -0.139.